The van der Waals surface area contributed by atoms with Crippen LogP contribution in [0.2, 0.25) is 4.34 Å². The topological polar surface area (TPSA) is 3.24 Å². The molecule has 0 aliphatic carbocycles. The van der Waals surface area contributed by atoms with Crippen molar-refractivity contribution in [2.45, 2.75) is 0 Å². The second-order valence-corrected chi connectivity index (χ2v) is 4.26. The lowest BCUT2D eigenvalue weighted by Crippen LogP contribution is -2.17. The lowest BCUT2D eigenvalue weighted by molar-refractivity contribution is 0.987. The smallest absolute Gasteiger partial charge is 0.0950 e. The molecule has 1 aromatic rings. The van der Waals surface area contributed by atoms with Crippen LogP contribution in [-0.4, -0.2) is 19.5 Å². The predicted octanol–water partition coefficient (Wildman–Crippen LogP) is 3.08. The summed E-state index contributed by atoms with van der Waals surface area (Å²) in [6.45, 7) is 0.860. The molecule has 1 nitrogen and oxygen atoms in total. The van der Waals surface area contributed by atoms with E-state index in [0.29, 0.717) is 5.88 Å². The number of halogens is 2. The van der Waals surface area contributed by atoms with Gasteiger partial charge in [0.1, 0.15) is 0 Å². The highest BCUT2D eigenvalue weighted by atomic mass is 35.5. The molecule has 11 heavy (non-hydrogen) atoms. The molecule has 0 saturated carbocycles. The molecule has 0 radical (unpaired) electrons. The average molecular weight is 210 g/mol. The summed E-state index contributed by atoms with van der Waals surface area (Å²) in [5.41, 5.74) is 0. The zero-order chi connectivity index (χ0) is 8.27. The van der Waals surface area contributed by atoms with Crippen LogP contribution in [0.3, 0.4) is 0 Å². The van der Waals surface area contributed by atoms with Gasteiger partial charge >= 0.3 is 0 Å². The molecule has 1 aromatic heterocycles. The SMILES string of the molecule is CN(CCCl)c1ccc(Cl)s1. The second kappa shape index (κ2) is 4.19. The molecule has 0 aliphatic heterocycles. The Bertz CT molecular complexity index is 224. The number of alkyl halides is 1. The summed E-state index contributed by atoms with van der Waals surface area (Å²) in [5.74, 6) is 0.645. The maximum atomic E-state index is 5.76. The van der Waals surface area contributed by atoms with Crippen LogP contribution in [0.25, 0.3) is 0 Å². The van der Waals surface area contributed by atoms with Gasteiger partial charge in [0.2, 0.25) is 0 Å². The van der Waals surface area contributed by atoms with Gasteiger partial charge in [0, 0.05) is 19.5 Å². The molecule has 62 valence electrons. The minimum atomic E-state index is 0.645. The monoisotopic (exact) mass is 209 g/mol. The Balaban J connectivity index is 2.60. The van der Waals surface area contributed by atoms with Crippen LogP contribution in [0.5, 0.6) is 0 Å². The van der Waals surface area contributed by atoms with E-state index in [-0.39, 0.29) is 0 Å². The molecule has 0 aliphatic rings. The van der Waals surface area contributed by atoms with E-state index in [1.807, 2.05) is 19.2 Å². The van der Waals surface area contributed by atoms with E-state index in [4.69, 9.17) is 23.2 Å². The van der Waals surface area contributed by atoms with Crippen molar-refractivity contribution in [3.63, 3.8) is 0 Å². The lowest BCUT2D eigenvalue weighted by Gasteiger charge is -2.14. The molecule has 0 saturated heterocycles. The molecule has 4 heteroatoms. The van der Waals surface area contributed by atoms with Crippen molar-refractivity contribution in [1.29, 1.82) is 0 Å². The maximum Gasteiger partial charge on any atom is 0.0950 e. The molecule has 0 unspecified atom stereocenters. The third-order valence-electron chi connectivity index (χ3n) is 1.36. The number of thiophene rings is 1. The van der Waals surface area contributed by atoms with Crippen molar-refractivity contribution in [2.24, 2.45) is 0 Å². The molecule has 0 atom stereocenters. The fourth-order valence-electron chi connectivity index (χ4n) is 0.747. The van der Waals surface area contributed by atoms with E-state index in [1.54, 1.807) is 11.3 Å². The number of anilines is 1. The molecule has 0 spiro atoms. The summed E-state index contributed by atoms with van der Waals surface area (Å²) in [6.07, 6.45) is 0. The molecular formula is C7H9Cl2NS. The highest BCUT2D eigenvalue weighted by Gasteiger charge is 2.01. The first-order valence-electron chi connectivity index (χ1n) is 3.26. The van der Waals surface area contributed by atoms with E-state index in [2.05, 4.69) is 4.90 Å². The van der Waals surface area contributed by atoms with E-state index >= 15 is 0 Å². The van der Waals surface area contributed by atoms with Gasteiger partial charge in [-0.1, -0.05) is 11.6 Å². The number of nitrogens with zero attached hydrogens (tertiary/aromatic N) is 1. The van der Waals surface area contributed by atoms with E-state index in [9.17, 15) is 0 Å². The summed E-state index contributed by atoms with van der Waals surface area (Å²) < 4.78 is 0.821. The van der Waals surface area contributed by atoms with Gasteiger partial charge < -0.3 is 4.90 Å². The molecular weight excluding hydrogens is 201 g/mol. The van der Waals surface area contributed by atoms with E-state index < -0.39 is 0 Å². The maximum absolute atomic E-state index is 5.76. The Labute approximate surface area is 80.5 Å². The van der Waals surface area contributed by atoms with Crippen molar-refractivity contribution >= 4 is 39.5 Å². The first kappa shape index (κ1) is 9.17. The van der Waals surface area contributed by atoms with Crippen LogP contribution in [0.1, 0.15) is 0 Å². The van der Waals surface area contributed by atoms with E-state index in [0.717, 1.165) is 15.9 Å². The van der Waals surface area contributed by atoms with Gasteiger partial charge in [-0.05, 0) is 12.1 Å². The Hall–Kier alpha value is 0.0800. The van der Waals surface area contributed by atoms with Crippen molar-refractivity contribution in [3.05, 3.63) is 16.5 Å². The van der Waals surface area contributed by atoms with Crippen LogP contribution in [0.4, 0.5) is 5.00 Å². The van der Waals surface area contributed by atoms with Crippen molar-refractivity contribution in [1.82, 2.24) is 0 Å². The lowest BCUT2D eigenvalue weighted by atomic mass is 10.5. The van der Waals surface area contributed by atoms with E-state index in [1.165, 1.54) is 0 Å². The number of hydrogen-bond donors (Lipinski definition) is 0. The minimum Gasteiger partial charge on any atom is -0.365 e. The minimum absolute atomic E-state index is 0.645. The highest BCUT2D eigenvalue weighted by Crippen LogP contribution is 2.28. The van der Waals surface area contributed by atoms with Crippen LogP contribution in [0.15, 0.2) is 12.1 Å². The Kier molecular flexibility index (Phi) is 3.49. The Morgan fingerprint density at radius 1 is 1.55 bits per heavy atom. The zero-order valence-corrected chi connectivity index (χ0v) is 8.51. The zero-order valence-electron chi connectivity index (χ0n) is 6.18. The highest BCUT2D eigenvalue weighted by molar-refractivity contribution is 7.19. The molecule has 0 N–H and O–H groups in total. The molecule has 0 amide bonds. The van der Waals surface area contributed by atoms with Gasteiger partial charge in [-0.15, -0.1) is 22.9 Å². The van der Waals surface area contributed by atoms with Crippen LogP contribution < -0.4 is 4.90 Å². The van der Waals surface area contributed by atoms with Gasteiger partial charge in [0.15, 0.2) is 0 Å². The summed E-state index contributed by atoms with van der Waals surface area (Å²) in [5, 5.41) is 1.16. The average Bonchev–Trinajstić information content (AvgIpc) is 2.36. The second-order valence-electron chi connectivity index (χ2n) is 2.19. The third-order valence-corrected chi connectivity index (χ3v) is 2.87. The van der Waals surface area contributed by atoms with Crippen molar-refractivity contribution in [3.8, 4) is 0 Å². The molecule has 0 bridgehead atoms. The standard InChI is InChI=1S/C7H9Cl2NS/c1-10(5-4-8)7-3-2-6(9)11-7/h2-3H,4-5H2,1H3. The normalized spacial score (nSPS) is 10.1. The quantitative estimate of drug-likeness (QED) is 0.693. The summed E-state index contributed by atoms with van der Waals surface area (Å²) in [6, 6.07) is 3.89. The Morgan fingerprint density at radius 3 is 2.73 bits per heavy atom. The van der Waals surface area contributed by atoms with Crippen LogP contribution in [-0.2, 0) is 0 Å². The molecule has 0 fully saturated rings. The van der Waals surface area contributed by atoms with Gasteiger partial charge in [0.25, 0.3) is 0 Å². The fourth-order valence-corrected chi connectivity index (χ4v) is 2.02. The molecule has 1 heterocycles. The largest absolute Gasteiger partial charge is 0.365 e. The van der Waals surface area contributed by atoms with Gasteiger partial charge in [-0.25, -0.2) is 0 Å². The predicted molar refractivity (Wildman–Crippen MR) is 53.3 cm³/mol. The first-order valence-corrected chi connectivity index (χ1v) is 4.99. The van der Waals surface area contributed by atoms with Gasteiger partial charge in [-0.3, -0.25) is 0 Å². The van der Waals surface area contributed by atoms with Crippen LogP contribution >= 0.6 is 34.5 Å². The molecule has 0 aromatic carbocycles. The summed E-state index contributed by atoms with van der Waals surface area (Å²) in [7, 11) is 2.00. The van der Waals surface area contributed by atoms with Crippen molar-refractivity contribution in [2.75, 3.05) is 24.4 Å². The first-order chi connectivity index (χ1) is 5.24. The third kappa shape index (κ3) is 2.55. The number of hydrogen-bond acceptors (Lipinski definition) is 2. The number of rotatable bonds is 3. The van der Waals surface area contributed by atoms with Crippen LogP contribution in [0, 0.1) is 0 Å². The van der Waals surface area contributed by atoms with Gasteiger partial charge in [0.05, 0.1) is 9.34 Å². The Morgan fingerprint density at radius 2 is 2.27 bits per heavy atom. The molecule has 1 rings (SSSR count). The van der Waals surface area contributed by atoms with Gasteiger partial charge in [-0.2, -0.15) is 0 Å². The summed E-state index contributed by atoms with van der Waals surface area (Å²) >= 11 is 12.9. The fraction of sp³-hybridized carbons (Fsp3) is 0.429. The summed E-state index contributed by atoms with van der Waals surface area (Å²) in [4.78, 5) is 2.09. The van der Waals surface area contributed by atoms with Crippen molar-refractivity contribution < 1.29 is 0 Å².